The molecule has 62 valence electrons. The molecule has 0 radical (unpaired) electrons. The molecule has 0 saturated heterocycles. The van der Waals surface area contributed by atoms with Crippen LogP contribution < -0.4 is 0 Å². The van der Waals surface area contributed by atoms with E-state index in [4.69, 9.17) is 23.2 Å². The van der Waals surface area contributed by atoms with Gasteiger partial charge >= 0.3 is 0 Å². The van der Waals surface area contributed by atoms with Gasteiger partial charge in [0.2, 0.25) is 0 Å². The van der Waals surface area contributed by atoms with E-state index in [2.05, 4.69) is 13.5 Å². The molecule has 0 atom stereocenters. The van der Waals surface area contributed by atoms with Gasteiger partial charge in [-0.1, -0.05) is 42.8 Å². The number of allylic oxidation sites excluding steroid dienone is 5. The first kappa shape index (κ1) is 10.8. The van der Waals surface area contributed by atoms with Gasteiger partial charge in [0.05, 0.1) is 0 Å². The van der Waals surface area contributed by atoms with Crippen molar-refractivity contribution in [3.05, 3.63) is 35.4 Å². The quantitative estimate of drug-likeness (QED) is 0.467. The van der Waals surface area contributed by atoms with Crippen LogP contribution in [0.3, 0.4) is 0 Å². The molecule has 0 aliphatic heterocycles. The number of hydrogen-bond donors (Lipinski definition) is 0. The highest BCUT2D eigenvalue weighted by Crippen LogP contribution is 2.04. The summed E-state index contributed by atoms with van der Waals surface area (Å²) in [6.45, 7) is 5.59. The van der Waals surface area contributed by atoms with Crippen molar-refractivity contribution >= 4 is 23.2 Å². The molecule has 0 saturated carbocycles. The summed E-state index contributed by atoms with van der Waals surface area (Å²) in [5.74, 6) is 0.579. The van der Waals surface area contributed by atoms with Crippen LogP contribution in [0.4, 0.5) is 0 Å². The summed E-state index contributed by atoms with van der Waals surface area (Å²) >= 11 is 11.1. The van der Waals surface area contributed by atoms with E-state index in [1.54, 1.807) is 6.08 Å². The molecule has 11 heavy (non-hydrogen) atoms. The van der Waals surface area contributed by atoms with Crippen LogP contribution in [-0.2, 0) is 0 Å². The predicted octanol–water partition coefficient (Wildman–Crippen LogP) is 3.87. The molecular formula is C9H12Cl2. The topological polar surface area (TPSA) is 0 Å². The van der Waals surface area contributed by atoms with Crippen molar-refractivity contribution < 1.29 is 0 Å². The fourth-order valence-electron chi connectivity index (χ4n) is 0.545. The van der Waals surface area contributed by atoms with Crippen LogP contribution in [-0.4, -0.2) is 5.88 Å². The summed E-state index contributed by atoms with van der Waals surface area (Å²) in [6, 6.07) is 0. The molecule has 0 aliphatic rings. The monoisotopic (exact) mass is 190 g/mol. The number of alkyl halides is 1. The zero-order valence-electron chi connectivity index (χ0n) is 6.61. The highest BCUT2D eigenvalue weighted by molar-refractivity contribution is 6.30. The highest BCUT2D eigenvalue weighted by Gasteiger charge is 1.86. The third kappa shape index (κ3) is 6.21. The highest BCUT2D eigenvalue weighted by atomic mass is 35.5. The van der Waals surface area contributed by atoms with Gasteiger partial charge in [0.1, 0.15) is 0 Å². The molecule has 0 aromatic heterocycles. The second-order valence-corrected chi connectivity index (χ2v) is 2.87. The van der Waals surface area contributed by atoms with E-state index in [0.29, 0.717) is 10.9 Å². The lowest BCUT2D eigenvalue weighted by atomic mass is 10.2. The lowest BCUT2D eigenvalue weighted by molar-refractivity contribution is 1.10. The molecule has 0 N–H and O–H groups in total. The molecule has 0 amide bonds. The molecule has 0 heterocycles. The van der Waals surface area contributed by atoms with Crippen molar-refractivity contribution in [2.24, 2.45) is 0 Å². The molecule has 0 spiro atoms. The van der Waals surface area contributed by atoms with E-state index < -0.39 is 0 Å². The molecular weight excluding hydrogens is 179 g/mol. The second-order valence-electron chi connectivity index (χ2n) is 2.12. The standard InChI is InChI=1S/C9H12Cl2/c1-3-9(7-10)6-4-5-8(2)11/h4-6H,2-3,7H2,1H3/b5-4-,9-6-. The van der Waals surface area contributed by atoms with Crippen molar-refractivity contribution in [3.63, 3.8) is 0 Å². The minimum atomic E-state index is 0.534. The van der Waals surface area contributed by atoms with Crippen molar-refractivity contribution in [1.29, 1.82) is 0 Å². The van der Waals surface area contributed by atoms with Crippen LogP contribution in [0.1, 0.15) is 13.3 Å². The summed E-state index contributed by atoms with van der Waals surface area (Å²) in [5, 5.41) is 0.534. The Hall–Kier alpha value is -0.200. The zero-order chi connectivity index (χ0) is 8.69. The van der Waals surface area contributed by atoms with Gasteiger partial charge in [-0.25, -0.2) is 0 Å². The summed E-state index contributed by atoms with van der Waals surface area (Å²) in [5.41, 5.74) is 1.20. The minimum Gasteiger partial charge on any atom is -0.122 e. The van der Waals surface area contributed by atoms with Crippen molar-refractivity contribution in [1.82, 2.24) is 0 Å². The van der Waals surface area contributed by atoms with Crippen LogP contribution in [0.15, 0.2) is 35.4 Å². The SMILES string of the molecule is C=C(Cl)/C=C\C=C(\CC)CCl. The lowest BCUT2D eigenvalue weighted by Crippen LogP contribution is -1.79. The van der Waals surface area contributed by atoms with Crippen molar-refractivity contribution in [3.8, 4) is 0 Å². The molecule has 0 bridgehead atoms. The fraction of sp³-hybridized carbons (Fsp3) is 0.333. The van der Waals surface area contributed by atoms with Crippen LogP contribution in [0, 0.1) is 0 Å². The predicted molar refractivity (Wildman–Crippen MR) is 53.2 cm³/mol. The molecule has 0 nitrogen and oxygen atoms in total. The second kappa shape index (κ2) is 6.51. The number of rotatable bonds is 4. The smallest absolute Gasteiger partial charge is 0.0436 e. The summed E-state index contributed by atoms with van der Waals surface area (Å²) in [4.78, 5) is 0. The van der Waals surface area contributed by atoms with Crippen LogP contribution in [0.2, 0.25) is 0 Å². The largest absolute Gasteiger partial charge is 0.122 e. The Morgan fingerprint density at radius 2 is 2.18 bits per heavy atom. The number of hydrogen-bond acceptors (Lipinski definition) is 0. The van der Waals surface area contributed by atoms with Gasteiger partial charge < -0.3 is 0 Å². The van der Waals surface area contributed by atoms with Crippen molar-refractivity contribution in [2.75, 3.05) is 5.88 Å². The van der Waals surface area contributed by atoms with E-state index in [9.17, 15) is 0 Å². The first-order chi connectivity index (χ1) is 5.20. The lowest BCUT2D eigenvalue weighted by Gasteiger charge is -1.93. The Bertz CT molecular complexity index is 172. The van der Waals surface area contributed by atoms with E-state index in [-0.39, 0.29) is 0 Å². The van der Waals surface area contributed by atoms with E-state index in [0.717, 1.165) is 6.42 Å². The van der Waals surface area contributed by atoms with Gasteiger partial charge in [-0.2, -0.15) is 0 Å². The van der Waals surface area contributed by atoms with Gasteiger partial charge in [-0.3, -0.25) is 0 Å². The summed E-state index contributed by atoms with van der Waals surface area (Å²) in [7, 11) is 0. The summed E-state index contributed by atoms with van der Waals surface area (Å²) < 4.78 is 0. The third-order valence-electron chi connectivity index (χ3n) is 1.23. The molecule has 0 aliphatic carbocycles. The Kier molecular flexibility index (Phi) is 6.39. The van der Waals surface area contributed by atoms with Gasteiger partial charge in [0.15, 0.2) is 0 Å². The van der Waals surface area contributed by atoms with E-state index in [1.165, 1.54) is 5.57 Å². The van der Waals surface area contributed by atoms with Gasteiger partial charge in [-0.15, -0.1) is 11.6 Å². The maximum absolute atomic E-state index is 5.63. The van der Waals surface area contributed by atoms with Gasteiger partial charge in [-0.05, 0) is 12.5 Å². The Labute approximate surface area is 78.2 Å². The first-order valence-corrected chi connectivity index (χ1v) is 4.38. The minimum absolute atomic E-state index is 0.534. The molecule has 0 fully saturated rings. The Morgan fingerprint density at radius 3 is 2.55 bits per heavy atom. The normalized spacial score (nSPS) is 12.5. The zero-order valence-corrected chi connectivity index (χ0v) is 8.12. The van der Waals surface area contributed by atoms with Crippen LogP contribution in [0.25, 0.3) is 0 Å². The van der Waals surface area contributed by atoms with Gasteiger partial charge in [0, 0.05) is 10.9 Å². The summed E-state index contributed by atoms with van der Waals surface area (Å²) in [6.07, 6.45) is 6.53. The molecule has 2 heteroatoms. The molecule has 0 unspecified atom stereocenters. The fourth-order valence-corrected chi connectivity index (χ4v) is 0.896. The van der Waals surface area contributed by atoms with E-state index >= 15 is 0 Å². The molecule has 0 aromatic carbocycles. The maximum Gasteiger partial charge on any atom is 0.0436 e. The average Bonchev–Trinajstić information content (AvgIpc) is 1.98. The molecule has 0 rings (SSSR count). The van der Waals surface area contributed by atoms with Crippen LogP contribution >= 0.6 is 23.2 Å². The van der Waals surface area contributed by atoms with Crippen molar-refractivity contribution in [2.45, 2.75) is 13.3 Å². The third-order valence-corrected chi connectivity index (χ3v) is 1.70. The van der Waals surface area contributed by atoms with E-state index in [1.807, 2.05) is 12.2 Å². The Morgan fingerprint density at radius 1 is 1.55 bits per heavy atom. The van der Waals surface area contributed by atoms with Gasteiger partial charge in [0.25, 0.3) is 0 Å². The Balaban J connectivity index is 3.97. The maximum atomic E-state index is 5.63. The molecule has 0 aromatic rings. The number of halogens is 2. The average molecular weight is 191 g/mol. The first-order valence-electron chi connectivity index (χ1n) is 3.47. The van der Waals surface area contributed by atoms with Crippen LogP contribution in [0.5, 0.6) is 0 Å².